The molecule has 0 atom stereocenters. The highest BCUT2D eigenvalue weighted by Crippen LogP contribution is 2.30. The Kier molecular flexibility index (Phi) is 7.45. The maximum Gasteiger partial charge on any atom is 0.264 e. The van der Waals surface area contributed by atoms with Gasteiger partial charge in [0, 0.05) is 13.6 Å². The highest BCUT2D eigenvalue weighted by atomic mass is 32.2. The van der Waals surface area contributed by atoms with Crippen molar-refractivity contribution in [2.75, 3.05) is 43.1 Å². The number of anilines is 2. The molecule has 2 aromatic rings. The fourth-order valence-corrected chi connectivity index (χ4v) is 4.52. The molecule has 164 valence electrons. The SMILES string of the molecule is CCN(c1ccccc1)S(=O)(=O)c1ccc(OC)c(NC(=O)CN(C)S(C)(=O)=O)c1. The largest absolute Gasteiger partial charge is 0.495 e. The summed E-state index contributed by atoms with van der Waals surface area (Å²) >= 11 is 0. The number of carbonyl (C=O) groups is 1. The molecule has 0 fully saturated rings. The predicted molar refractivity (Wildman–Crippen MR) is 116 cm³/mol. The lowest BCUT2D eigenvalue weighted by Crippen LogP contribution is -2.34. The first-order chi connectivity index (χ1) is 14.0. The number of hydrogen-bond acceptors (Lipinski definition) is 6. The first kappa shape index (κ1) is 23.6. The normalized spacial score (nSPS) is 11.9. The minimum atomic E-state index is -3.91. The summed E-state index contributed by atoms with van der Waals surface area (Å²) in [6.07, 6.45) is 0.983. The molecule has 0 aromatic heterocycles. The number of benzene rings is 2. The van der Waals surface area contributed by atoms with Gasteiger partial charge in [0.1, 0.15) is 5.75 Å². The molecule has 2 aromatic carbocycles. The zero-order valence-electron chi connectivity index (χ0n) is 17.2. The van der Waals surface area contributed by atoms with E-state index in [1.54, 1.807) is 37.3 Å². The second kappa shape index (κ2) is 9.45. The standard InChI is InChI=1S/C19H25N3O6S2/c1-5-22(15-9-7-6-8-10-15)30(26,27)16-11-12-18(28-3)17(13-16)20-19(23)14-21(2)29(4,24)25/h6-13H,5,14H2,1-4H3,(H,20,23). The van der Waals surface area contributed by atoms with Crippen LogP contribution in [0.3, 0.4) is 0 Å². The third-order valence-corrected chi connectivity index (χ3v) is 7.46. The number of methoxy groups -OCH3 is 1. The van der Waals surface area contributed by atoms with Gasteiger partial charge >= 0.3 is 0 Å². The van der Waals surface area contributed by atoms with Crippen molar-refractivity contribution in [2.24, 2.45) is 0 Å². The maximum atomic E-state index is 13.2. The van der Waals surface area contributed by atoms with E-state index in [0.29, 0.717) is 5.69 Å². The molecule has 0 aliphatic carbocycles. The Balaban J connectivity index is 2.38. The number of ether oxygens (including phenoxy) is 1. The van der Waals surface area contributed by atoms with Crippen LogP contribution in [0.25, 0.3) is 0 Å². The van der Waals surface area contributed by atoms with Gasteiger partial charge in [-0.15, -0.1) is 0 Å². The first-order valence-corrected chi connectivity index (χ1v) is 12.3. The average molecular weight is 456 g/mol. The summed E-state index contributed by atoms with van der Waals surface area (Å²) in [6, 6.07) is 12.8. The maximum absolute atomic E-state index is 13.2. The Morgan fingerprint density at radius 1 is 1.07 bits per heavy atom. The van der Waals surface area contributed by atoms with Gasteiger partial charge in [-0.05, 0) is 37.3 Å². The summed E-state index contributed by atoms with van der Waals surface area (Å²) in [4.78, 5) is 12.2. The number of sulfonamides is 2. The Morgan fingerprint density at radius 2 is 1.70 bits per heavy atom. The second-order valence-corrected chi connectivity index (χ2v) is 10.4. The molecule has 0 unspecified atom stereocenters. The van der Waals surface area contributed by atoms with E-state index >= 15 is 0 Å². The van der Waals surface area contributed by atoms with Crippen molar-refractivity contribution < 1.29 is 26.4 Å². The predicted octanol–water partition coefficient (Wildman–Crippen LogP) is 1.74. The van der Waals surface area contributed by atoms with Crippen LogP contribution in [0.15, 0.2) is 53.4 Å². The highest BCUT2D eigenvalue weighted by molar-refractivity contribution is 7.92. The van der Waals surface area contributed by atoms with E-state index in [-0.39, 0.29) is 22.9 Å². The number of hydrogen-bond donors (Lipinski definition) is 1. The molecular formula is C19H25N3O6S2. The van der Waals surface area contributed by atoms with Crippen LogP contribution >= 0.6 is 0 Å². The third-order valence-electron chi connectivity index (χ3n) is 4.30. The number of carbonyl (C=O) groups excluding carboxylic acids is 1. The summed E-state index contributed by atoms with van der Waals surface area (Å²) in [5.74, 6) is -0.391. The molecular weight excluding hydrogens is 430 g/mol. The molecule has 30 heavy (non-hydrogen) atoms. The van der Waals surface area contributed by atoms with Gasteiger partial charge in [-0.25, -0.2) is 16.8 Å². The number of nitrogens with one attached hydrogen (secondary N) is 1. The van der Waals surface area contributed by atoms with Gasteiger partial charge in [-0.1, -0.05) is 18.2 Å². The number of amides is 1. The lowest BCUT2D eigenvalue weighted by Gasteiger charge is -2.23. The van der Waals surface area contributed by atoms with E-state index in [4.69, 9.17) is 4.74 Å². The first-order valence-electron chi connectivity index (χ1n) is 8.97. The van der Waals surface area contributed by atoms with Crippen LogP contribution in [-0.2, 0) is 24.8 Å². The minimum Gasteiger partial charge on any atom is -0.495 e. The number of nitrogens with zero attached hydrogens (tertiary/aromatic N) is 2. The molecule has 2 rings (SSSR count). The van der Waals surface area contributed by atoms with E-state index in [1.165, 1.54) is 36.7 Å². The van der Waals surface area contributed by atoms with Crippen LogP contribution in [0.5, 0.6) is 5.75 Å². The van der Waals surface area contributed by atoms with Crippen LogP contribution in [-0.4, -0.2) is 60.6 Å². The van der Waals surface area contributed by atoms with Crippen molar-refractivity contribution in [1.82, 2.24) is 4.31 Å². The Labute approximate surface area is 177 Å². The summed E-state index contributed by atoms with van der Waals surface area (Å²) < 4.78 is 56.7. The fourth-order valence-electron chi connectivity index (χ4n) is 2.67. The topological polar surface area (TPSA) is 113 Å². The molecule has 1 amide bonds. The van der Waals surface area contributed by atoms with Crippen molar-refractivity contribution >= 4 is 37.3 Å². The van der Waals surface area contributed by atoms with Crippen LogP contribution in [0.2, 0.25) is 0 Å². The average Bonchev–Trinajstić information content (AvgIpc) is 2.68. The smallest absolute Gasteiger partial charge is 0.264 e. The molecule has 0 bridgehead atoms. The lowest BCUT2D eigenvalue weighted by atomic mass is 10.3. The van der Waals surface area contributed by atoms with Gasteiger partial charge < -0.3 is 10.1 Å². The lowest BCUT2D eigenvalue weighted by molar-refractivity contribution is -0.116. The van der Waals surface area contributed by atoms with Crippen molar-refractivity contribution in [1.29, 1.82) is 0 Å². The van der Waals surface area contributed by atoms with Crippen LogP contribution in [0.4, 0.5) is 11.4 Å². The molecule has 0 heterocycles. The van der Waals surface area contributed by atoms with Crippen LogP contribution in [0, 0.1) is 0 Å². The molecule has 11 heteroatoms. The Bertz CT molecular complexity index is 1100. The Morgan fingerprint density at radius 3 is 2.23 bits per heavy atom. The van der Waals surface area contributed by atoms with Crippen LogP contribution < -0.4 is 14.4 Å². The Hall–Kier alpha value is -2.63. The molecule has 9 nitrogen and oxygen atoms in total. The van der Waals surface area contributed by atoms with Gasteiger partial charge in [0.05, 0.1) is 36.2 Å². The molecule has 0 saturated heterocycles. The van der Waals surface area contributed by atoms with Crippen LogP contribution in [0.1, 0.15) is 6.92 Å². The van der Waals surface area contributed by atoms with Gasteiger partial charge in [0.15, 0.2) is 0 Å². The summed E-state index contributed by atoms with van der Waals surface area (Å²) in [7, 11) is -4.81. The monoisotopic (exact) mass is 455 g/mol. The van der Waals surface area contributed by atoms with E-state index in [2.05, 4.69) is 5.32 Å². The quantitative estimate of drug-likeness (QED) is 0.616. The van der Waals surface area contributed by atoms with E-state index in [1.807, 2.05) is 0 Å². The van der Waals surface area contributed by atoms with Gasteiger partial charge in [-0.2, -0.15) is 4.31 Å². The van der Waals surface area contributed by atoms with E-state index in [9.17, 15) is 21.6 Å². The molecule has 0 aliphatic rings. The second-order valence-electron chi connectivity index (χ2n) is 6.43. The molecule has 0 radical (unpaired) electrons. The van der Waals surface area contributed by atoms with Crippen molar-refractivity contribution in [3.05, 3.63) is 48.5 Å². The fraction of sp³-hybridized carbons (Fsp3) is 0.316. The zero-order valence-corrected chi connectivity index (χ0v) is 18.8. The molecule has 1 N–H and O–H groups in total. The number of para-hydroxylation sites is 1. The van der Waals surface area contributed by atoms with Gasteiger partial charge in [-0.3, -0.25) is 9.10 Å². The minimum absolute atomic E-state index is 0.0410. The van der Waals surface area contributed by atoms with Gasteiger partial charge in [0.25, 0.3) is 10.0 Å². The number of rotatable bonds is 9. The van der Waals surface area contributed by atoms with Crippen molar-refractivity contribution in [3.63, 3.8) is 0 Å². The highest BCUT2D eigenvalue weighted by Gasteiger charge is 2.25. The van der Waals surface area contributed by atoms with Crippen molar-refractivity contribution in [3.8, 4) is 5.75 Å². The van der Waals surface area contributed by atoms with E-state index in [0.717, 1.165) is 10.6 Å². The number of likely N-dealkylation sites (N-methyl/N-ethyl adjacent to an activating group) is 1. The molecule has 0 aliphatic heterocycles. The molecule has 0 spiro atoms. The zero-order chi connectivity index (χ0) is 22.5. The van der Waals surface area contributed by atoms with Gasteiger partial charge in [0.2, 0.25) is 15.9 Å². The summed E-state index contributed by atoms with van der Waals surface area (Å²) in [6.45, 7) is 1.50. The van der Waals surface area contributed by atoms with Crippen molar-refractivity contribution in [2.45, 2.75) is 11.8 Å². The summed E-state index contributed by atoms with van der Waals surface area (Å²) in [5.41, 5.74) is 0.630. The summed E-state index contributed by atoms with van der Waals surface area (Å²) in [5, 5.41) is 2.52. The molecule has 0 saturated carbocycles. The van der Waals surface area contributed by atoms with E-state index < -0.39 is 32.5 Å². The third kappa shape index (κ3) is 5.49.